The molecule has 1 aromatic rings. The number of rotatable bonds is 2. The maximum atomic E-state index is 11.2. The van der Waals surface area contributed by atoms with Crippen LogP contribution in [0.4, 0.5) is 5.82 Å². The highest BCUT2D eigenvalue weighted by molar-refractivity contribution is 5.85. The van der Waals surface area contributed by atoms with E-state index in [0.717, 1.165) is 18.5 Å². The number of nitrogen functional groups attached to an aromatic ring is 1. The first-order chi connectivity index (χ1) is 6.70. The number of methoxy groups -OCH3 is 1. The molecule has 2 N–H and O–H groups in total. The monoisotopic (exact) mass is 193 g/mol. The molecule has 0 aliphatic heterocycles. The van der Waals surface area contributed by atoms with Gasteiger partial charge in [0.25, 0.3) is 0 Å². The Labute approximate surface area is 81.3 Å². The van der Waals surface area contributed by atoms with Gasteiger partial charge in [-0.2, -0.15) is 0 Å². The Kier molecular flexibility index (Phi) is 2.07. The number of ether oxygens (including phenoxy) is 1. The summed E-state index contributed by atoms with van der Waals surface area (Å²) in [5, 5.41) is 0. The SMILES string of the molecule is COC(=O)c1nc(N)cc(C2CC2)n1. The van der Waals surface area contributed by atoms with E-state index in [9.17, 15) is 4.79 Å². The number of hydrogen-bond acceptors (Lipinski definition) is 5. The van der Waals surface area contributed by atoms with Crippen molar-refractivity contribution in [3.05, 3.63) is 17.6 Å². The van der Waals surface area contributed by atoms with Crippen molar-refractivity contribution >= 4 is 11.8 Å². The van der Waals surface area contributed by atoms with Crippen LogP contribution in [0.1, 0.15) is 35.1 Å². The van der Waals surface area contributed by atoms with Crippen LogP contribution in [0, 0.1) is 0 Å². The quantitative estimate of drug-likeness (QED) is 0.700. The summed E-state index contributed by atoms with van der Waals surface area (Å²) in [5.41, 5.74) is 6.40. The zero-order valence-electron chi connectivity index (χ0n) is 7.86. The lowest BCUT2D eigenvalue weighted by Gasteiger charge is -2.02. The van der Waals surface area contributed by atoms with E-state index in [2.05, 4.69) is 14.7 Å². The zero-order chi connectivity index (χ0) is 10.1. The molecule has 0 atom stereocenters. The molecule has 2 rings (SSSR count). The standard InChI is InChI=1S/C9H11N3O2/c1-14-9(13)8-11-6(5-2-3-5)4-7(10)12-8/h4-5H,2-3H2,1H3,(H2,10,11,12). The molecule has 0 saturated heterocycles. The molecule has 0 bridgehead atoms. The highest BCUT2D eigenvalue weighted by Crippen LogP contribution is 2.39. The van der Waals surface area contributed by atoms with Crippen molar-refractivity contribution in [1.29, 1.82) is 0 Å². The van der Waals surface area contributed by atoms with Gasteiger partial charge in [0, 0.05) is 17.7 Å². The van der Waals surface area contributed by atoms with E-state index in [0.29, 0.717) is 11.7 Å². The number of esters is 1. The summed E-state index contributed by atoms with van der Waals surface area (Å²) in [6, 6.07) is 1.71. The number of aromatic nitrogens is 2. The predicted octanol–water partition coefficient (Wildman–Crippen LogP) is 0.723. The van der Waals surface area contributed by atoms with Crippen molar-refractivity contribution in [3.63, 3.8) is 0 Å². The van der Waals surface area contributed by atoms with E-state index in [1.807, 2.05) is 0 Å². The molecule has 5 heteroatoms. The summed E-state index contributed by atoms with van der Waals surface area (Å²) >= 11 is 0. The Balaban J connectivity index is 2.35. The summed E-state index contributed by atoms with van der Waals surface area (Å²) in [6.45, 7) is 0. The van der Waals surface area contributed by atoms with Crippen molar-refractivity contribution in [1.82, 2.24) is 9.97 Å². The molecule has 0 radical (unpaired) electrons. The highest BCUT2D eigenvalue weighted by atomic mass is 16.5. The molecular formula is C9H11N3O2. The summed E-state index contributed by atoms with van der Waals surface area (Å²) < 4.78 is 4.53. The third-order valence-corrected chi connectivity index (χ3v) is 2.13. The first-order valence-corrected chi connectivity index (χ1v) is 4.43. The van der Waals surface area contributed by atoms with E-state index in [4.69, 9.17) is 5.73 Å². The largest absolute Gasteiger partial charge is 0.463 e. The zero-order valence-corrected chi connectivity index (χ0v) is 7.86. The third-order valence-electron chi connectivity index (χ3n) is 2.13. The van der Waals surface area contributed by atoms with Crippen molar-refractivity contribution < 1.29 is 9.53 Å². The molecule has 0 amide bonds. The minimum atomic E-state index is -0.542. The first kappa shape index (κ1) is 8.93. The second-order valence-corrected chi connectivity index (χ2v) is 3.31. The number of carbonyl (C=O) groups excluding carboxylic acids is 1. The molecular weight excluding hydrogens is 182 g/mol. The van der Waals surface area contributed by atoms with E-state index in [-0.39, 0.29) is 5.82 Å². The molecule has 1 aliphatic carbocycles. The van der Waals surface area contributed by atoms with Crippen LogP contribution in [-0.2, 0) is 4.74 Å². The molecule has 0 aromatic carbocycles. The number of nitrogens with zero attached hydrogens (tertiary/aromatic N) is 2. The summed E-state index contributed by atoms with van der Waals surface area (Å²) in [4.78, 5) is 19.1. The van der Waals surface area contributed by atoms with Gasteiger partial charge in [0.15, 0.2) is 0 Å². The molecule has 74 valence electrons. The van der Waals surface area contributed by atoms with Crippen LogP contribution in [0.3, 0.4) is 0 Å². The number of nitrogens with two attached hydrogens (primary N) is 1. The maximum Gasteiger partial charge on any atom is 0.376 e. The highest BCUT2D eigenvalue weighted by Gasteiger charge is 2.26. The summed E-state index contributed by atoms with van der Waals surface area (Å²) in [5.74, 6) is 0.277. The molecule has 14 heavy (non-hydrogen) atoms. The van der Waals surface area contributed by atoms with Crippen molar-refractivity contribution in [2.75, 3.05) is 12.8 Å². The van der Waals surface area contributed by atoms with Gasteiger partial charge in [0.2, 0.25) is 5.82 Å². The Morgan fingerprint density at radius 1 is 1.57 bits per heavy atom. The van der Waals surface area contributed by atoms with Crippen LogP contribution in [0.25, 0.3) is 0 Å². The Morgan fingerprint density at radius 2 is 2.29 bits per heavy atom. The fraction of sp³-hybridized carbons (Fsp3) is 0.444. The topological polar surface area (TPSA) is 78.1 Å². The molecule has 1 heterocycles. The lowest BCUT2D eigenvalue weighted by atomic mass is 10.3. The molecule has 1 aromatic heterocycles. The van der Waals surface area contributed by atoms with Crippen molar-refractivity contribution in [2.45, 2.75) is 18.8 Å². The minimum absolute atomic E-state index is 0.0504. The van der Waals surface area contributed by atoms with E-state index < -0.39 is 5.97 Å². The Hall–Kier alpha value is -1.65. The molecule has 1 fully saturated rings. The van der Waals surface area contributed by atoms with Crippen LogP contribution >= 0.6 is 0 Å². The third kappa shape index (κ3) is 1.66. The van der Waals surface area contributed by atoms with Crippen LogP contribution < -0.4 is 5.73 Å². The van der Waals surface area contributed by atoms with Crippen LogP contribution in [0.15, 0.2) is 6.07 Å². The Morgan fingerprint density at radius 3 is 2.86 bits per heavy atom. The maximum absolute atomic E-state index is 11.2. The smallest absolute Gasteiger partial charge is 0.376 e. The first-order valence-electron chi connectivity index (χ1n) is 4.43. The molecule has 0 spiro atoms. The second kappa shape index (κ2) is 3.25. The molecule has 1 saturated carbocycles. The van der Waals surface area contributed by atoms with Gasteiger partial charge in [-0.15, -0.1) is 0 Å². The van der Waals surface area contributed by atoms with Crippen molar-refractivity contribution in [3.8, 4) is 0 Å². The van der Waals surface area contributed by atoms with Gasteiger partial charge in [0.05, 0.1) is 7.11 Å². The molecule has 5 nitrogen and oxygen atoms in total. The number of anilines is 1. The average Bonchev–Trinajstić information content (AvgIpc) is 2.98. The fourth-order valence-corrected chi connectivity index (χ4v) is 1.26. The van der Waals surface area contributed by atoms with Gasteiger partial charge < -0.3 is 10.5 Å². The molecule has 1 aliphatic rings. The molecule has 0 unspecified atom stereocenters. The number of carbonyl (C=O) groups is 1. The van der Waals surface area contributed by atoms with Crippen LogP contribution in [0.2, 0.25) is 0 Å². The van der Waals surface area contributed by atoms with Gasteiger partial charge in [-0.05, 0) is 12.8 Å². The van der Waals surface area contributed by atoms with Crippen LogP contribution in [-0.4, -0.2) is 23.0 Å². The van der Waals surface area contributed by atoms with Gasteiger partial charge >= 0.3 is 5.97 Å². The lowest BCUT2D eigenvalue weighted by molar-refractivity contribution is 0.0586. The van der Waals surface area contributed by atoms with Gasteiger partial charge in [-0.3, -0.25) is 0 Å². The summed E-state index contributed by atoms with van der Waals surface area (Å²) in [7, 11) is 1.30. The van der Waals surface area contributed by atoms with Gasteiger partial charge in [-0.25, -0.2) is 14.8 Å². The average molecular weight is 193 g/mol. The predicted molar refractivity (Wildman–Crippen MR) is 49.8 cm³/mol. The normalized spacial score (nSPS) is 15.2. The lowest BCUT2D eigenvalue weighted by Crippen LogP contribution is -2.10. The second-order valence-electron chi connectivity index (χ2n) is 3.31. The summed E-state index contributed by atoms with van der Waals surface area (Å²) in [6.07, 6.45) is 2.22. The van der Waals surface area contributed by atoms with E-state index >= 15 is 0 Å². The number of hydrogen-bond donors (Lipinski definition) is 1. The van der Waals surface area contributed by atoms with E-state index in [1.54, 1.807) is 6.07 Å². The minimum Gasteiger partial charge on any atom is -0.463 e. The fourth-order valence-electron chi connectivity index (χ4n) is 1.26. The van der Waals surface area contributed by atoms with Gasteiger partial charge in [0.1, 0.15) is 5.82 Å². The van der Waals surface area contributed by atoms with Crippen molar-refractivity contribution in [2.24, 2.45) is 0 Å². The van der Waals surface area contributed by atoms with Crippen LogP contribution in [0.5, 0.6) is 0 Å². The van der Waals surface area contributed by atoms with E-state index in [1.165, 1.54) is 7.11 Å². The Bertz CT molecular complexity index is 374. The van der Waals surface area contributed by atoms with Gasteiger partial charge in [-0.1, -0.05) is 0 Å².